The molecule has 2 rings (SSSR count). The van der Waals surface area contributed by atoms with Gasteiger partial charge >= 0.3 is 5.97 Å². The maximum absolute atomic E-state index is 12.0. The van der Waals surface area contributed by atoms with E-state index in [2.05, 4.69) is 5.32 Å². The normalized spacial score (nSPS) is 10.1. The van der Waals surface area contributed by atoms with Crippen molar-refractivity contribution in [2.45, 2.75) is 6.92 Å². The molecule has 0 saturated carbocycles. The van der Waals surface area contributed by atoms with Gasteiger partial charge in [0, 0.05) is 16.3 Å². The molecule has 0 fully saturated rings. The number of carboxylic acids is 1. The van der Waals surface area contributed by atoms with Gasteiger partial charge in [0.1, 0.15) is 0 Å². The maximum Gasteiger partial charge on any atom is 0.335 e. The number of aryl methyl sites for hydroxylation is 1. The average molecular weight is 290 g/mol. The van der Waals surface area contributed by atoms with Crippen LogP contribution in [0.5, 0.6) is 0 Å². The van der Waals surface area contributed by atoms with Gasteiger partial charge in [0.05, 0.1) is 5.56 Å². The molecule has 2 N–H and O–H groups in total. The lowest BCUT2D eigenvalue weighted by molar-refractivity contribution is 0.0696. The van der Waals surface area contributed by atoms with Gasteiger partial charge in [-0.25, -0.2) is 4.79 Å². The summed E-state index contributed by atoms with van der Waals surface area (Å²) in [5, 5.41) is 12.2. The van der Waals surface area contributed by atoms with Crippen LogP contribution in [0.4, 0.5) is 5.69 Å². The molecule has 0 unspecified atom stereocenters. The van der Waals surface area contributed by atoms with Crippen LogP contribution in [0.2, 0.25) is 5.02 Å². The molecule has 0 atom stereocenters. The van der Waals surface area contributed by atoms with Crippen LogP contribution in [-0.2, 0) is 0 Å². The Morgan fingerprint density at radius 3 is 2.30 bits per heavy atom. The Labute approximate surface area is 121 Å². The van der Waals surface area contributed by atoms with Gasteiger partial charge in [-0.2, -0.15) is 0 Å². The van der Waals surface area contributed by atoms with Crippen molar-refractivity contribution in [2.24, 2.45) is 0 Å². The zero-order chi connectivity index (χ0) is 14.7. The van der Waals surface area contributed by atoms with Gasteiger partial charge in [0.15, 0.2) is 0 Å². The monoisotopic (exact) mass is 289 g/mol. The van der Waals surface area contributed by atoms with Crippen LogP contribution in [-0.4, -0.2) is 17.0 Å². The fraction of sp³-hybridized carbons (Fsp3) is 0.0667. The minimum atomic E-state index is -0.988. The number of hydrogen-bond donors (Lipinski definition) is 2. The highest BCUT2D eigenvalue weighted by Crippen LogP contribution is 2.17. The van der Waals surface area contributed by atoms with E-state index in [-0.39, 0.29) is 11.5 Å². The Kier molecular flexibility index (Phi) is 4.05. The second-order valence-electron chi connectivity index (χ2n) is 4.30. The van der Waals surface area contributed by atoms with Crippen molar-refractivity contribution in [3.63, 3.8) is 0 Å². The number of carbonyl (C=O) groups excluding carboxylic acids is 1. The first kappa shape index (κ1) is 14.1. The third-order valence-electron chi connectivity index (χ3n) is 2.82. The Morgan fingerprint density at radius 2 is 1.75 bits per heavy atom. The molecule has 0 aliphatic carbocycles. The number of hydrogen-bond acceptors (Lipinski definition) is 2. The molecule has 0 radical (unpaired) electrons. The highest BCUT2D eigenvalue weighted by atomic mass is 35.5. The van der Waals surface area contributed by atoms with Gasteiger partial charge in [-0.15, -0.1) is 0 Å². The van der Waals surface area contributed by atoms with Gasteiger partial charge < -0.3 is 10.4 Å². The molecule has 102 valence electrons. The predicted octanol–water partition coefficient (Wildman–Crippen LogP) is 3.60. The van der Waals surface area contributed by atoms with Gasteiger partial charge in [-0.1, -0.05) is 11.6 Å². The van der Waals surface area contributed by atoms with E-state index in [1.54, 1.807) is 43.3 Å². The summed E-state index contributed by atoms with van der Waals surface area (Å²) in [6.07, 6.45) is 0. The largest absolute Gasteiger partial charge is 0.478 e. The summed E-state index contributed by atoms with van der Waals surface area (Å²) in [7, 11) is 0. The lowest BCUT2D eigenvalue weighted by Gasteiger charge is -2.08. The van der Waals surface area contributed by atoms with Crippen LogP contribution in [0.15, 0.2) is 42.5 Å². The molecular weight excluding hydrogens is 278 g/mol. The Morgan fingerprint density at radius 1 is 1.10 bits per heavy atom. The van der Waals surface area contributed by atoms with E-state index in [1.807, 2.05) is 0 Å². The number of carboxylic acid groups (broad SMARTS) is 1. The van der Waals surface area contributed by atoms with Crippen LogP contribution in [0.25, 0.3) is 0 Å². The lowest BCUT2D eigenvalue weighted by atomic mass is 10.1. The molecule has 0 bridgehead atoms. The molecule has 1 amide bonds. The van der Waals surface area contributed by atoms with Crippen molar-refractivity contribution in [1.82, 2.24) is 0 Å². The van der Waals surface area contributed by atoms with E-state index in [0.29, 0.717) is 21.8 Å². The van der Waals surface area contributed by atoms with Gasteiger partial charge in [0.25, 0.3) is 5.91 Å². The zero-order valence-corrected chi connectivity index (χ0v) is 11.4. The number of halogens is 1. The number of rotatable bonds is 3. The first-order chi connectivity index (χ1) is 9.47. The molecule has 20 heavy (non-hydrogen) atoms. The number of aromatic carboxylic acids is 1. The van der Waals surface area contributed by atoms with Crippen LogP contribution >= 0.6 is 11.6 Å². The van der Waals surface area contributed by atoms with E-state index in [1.165, 1.54) is 6.07 Å². The smallest absolute Gasteiger partial charge is 0.335 e. The highest BCUT2D eigenvalue weighted by molar-refractivity contribution is 6.30. The summed E-state index contributed by atoms with van der Waals surface area (Å²) < 4.78 is 0. The van der Waals surface area contributed by atoms with E-state index < -0.39 is 5.97 Å². The lowest BCUT2D eigenvalue weighted by Crippen LogP contribution is -2.12. The van der Waals surface area contributed by atoms with Crippen molar-refractivity contribution in [2.75, 3.05) is 5.32 Å². The second-order valence-corrected chi connectivity index (χ2v) is 4.73. The molecule has 0 heterocycles. The fourth-order valence-corrected chi connectivity index (χ4v) is 1.91. The van der Waals surface area contributed by atoms with Crippen LogP contribution < -0.4 is 5.32 Å². The van der Waals surface area contributed by atoms with Crippen LogP contribution in [0.3, 0.4) is 0 Å². The summed E-state index contributed by atoms with van der Waals surface area (Å²) in [6.45, 7) is 1.68. The molecule has 0 aliphatic rings. The molecule has 0 spiro atoms. The molecule has 5 heteroatoms. The standard InChI is InChI=1S/C15H12ClNO3/c1-9-8-12(6-7-13(9)15(19)20)17-14(18)10-2-4-11(16)5-3-10/h2-8H,1H3,(H,17,18)(H,19,20). The Bertz CT molecular complexity index is 665. The summed E-state index contributed by atoms with van der Waals surface area (Å²) in [5.41, 5.74) is 1.84. The minimum absolute atomic E-state index is 0.217. The summed E-state index contributed by atoms with van der Waals surface area (Å²) >= 11 is 5.76. The molecular formula is C15H12ClNO3. The number of benzene rings is 2. The molecule has 2 aromatic carbocycles. The first-order valence-electron chi connectivity index (χ1n) is 5.88. The SMILES string of the molecule is Cc1cc(NC(=O)c2ccc(Cl)cc2)ccc1C(=O)O. The highest BCUT2D eigenvalue weighted by Gasteiger charge is 2.10. The van der Waals surface area contributed by atoms with E-state index in [4.69, 9.17) is 16.7 Å². The average Bonchev–Trinajstić information content (AvgIpc) is 2.39. The number of anilines is 1. The second kappa shape index (κ2) is 5.75. The minimum Gasteiger partial charge on any atom is -0.478 e. The predicted molar refractivity (Wildman–Crippen MR) is 77.5 cm³/mol. The van der Waals surface area contributed by atoms with Crippen molar-refractivity contribution < 1.29 is 14.7 Å². The van der Waals surface area contributed by atoms with E-state index in [9.17, 15) is 9.59 Å². The van der Waals surface area contributed by atoms with Crippen molar-refractivity contribution >= 4 is 29.2 Å². The number of nitrogens with one attached hydrogen (secondary N) is 1. The topological polar surface area (TPSA) is 66.4 Å². The third-order valence-corrected chi connectivity index (χ3v) is 3.07. The molecule has 0 saturated heterocycles. The molecule has 4 nitrogen and oxygen atoms in total. The zero-order valence-electron chi connectivity index (χ0n) is 10.7. The molecule has 0 aliphatic heterocycles. The van der Waals surface area contributed by atoms with Gasteiger partial charge in [-0.3, -0.25) is 4.79 Å². The van der Waals surface area contributed by atoms with E-state index >= 15 is 0 Å². The summed E-state index contributed by atoms with van der Waals surface area (Å²) in [6, 6.07) is 11.2. The number of amides is 1. The van der Waals surface area contributed by atoms with Crippen LogP contribution in [0, 0.1) is 6.92 Å². The Hall–Kier alpha value is -2.33. The summed E-state index contributed by atoms with van der Waals surface area (Å²) in [4.78, 5) is 22.9. The quantitative estimate of drug-likeness (QED) is 0.907. The summed E-state index contributed by atoms with van der Waals surface area (Å²) in [5.74, 6) is -1.26. The van der Waals surface area contributed by atoms with Crippen molar-refractivity contribution in [3.05, 3.63) is 64.2 Å². The molecule has 2 aromatic rings. The Balaban J connectivity index is 2.18. The van der Waals surface area contributed by atoms with E-state index in [0.717, 1.165) is 0 Å². The van der Waals surface area contributed by atoms with Crippen molar-refractivity contribution in [3.8, 4) is 0 Å². The maximum atomic E-state index is 12.0. The van der Waals surface area contributed by atoms with Crippen LogP contribution in [0.1, 0.15) is 26.3 Å². The third kappa shape index (κ3) is 3.16. The van der Waals surface area contributed by atoms with Gasteiger partial charge in [-0.05, 0) is 55.0 Å². The fourth-order valence-electron chi connectivity index (χ4n) is 1.79. The first-order valence-corrected chi connectivity index (χ1v) is 6.26. The van der Waals surface area contributed by atoms with Gasteiger partial charge in [0.2, 0.25) is 0 Å². The van der Waals surface area contributed by atoms with Crippen molar-refractivity contribution in [1.29, 1.82) is 0 Å². The number of carbonyl (C=O) groups is 2. The molecule has 0 aromatic heterocycles.